The van der Waals surface area contributed by atoms with Gasteiger partial charge in [0.2, 0.25) is 5.88 Å². The van der Waals surface area contributed by atoms with E-state index in [0.717, 1.165) is 11.3 Å². The zero-order valence-electron chi connectivity index (χ0n) is 8.07. The van der Waals surface area contributed by atoms with Gasteiger partial charge in [-0.15, -0.1) is 11.3 Å². The molecule has 0 aliphatic rings. The maximum Gasteiger partial charge on any atom is 0.357 e. The molecule has 0 aromatic carbocycles. The van der Waals surface area contributed by atoms with Gasteiger partial charge in [0, 0.05) is 6.54 Å². The van der Waals surface area contributed by atoms with Gasteiger partial charge < -0.3 is 10.00 Å². The highest BCUT2D eigenvalue weighted by molar-refractivity contribution is 7.73. The fraction of sp³-hybridized carbons (Fsp3) is 0.286. The van der Waals surface area contributed by atoms with Crippen LogP contribution in [0.4, 0.5) is 0 Å². The van der Waals surface area contributed by atoms with Crippen LogP contribution in [0.1, 0.15) is 4.88 Å². The van der Waals surface area contributed by atoms with Gasteiger partial charge in [0.25, 0.3) is 0 Å². The molecule has 1 rings (SSSR count). The molecule has 0 saturated heterocycles. The minimum absolute atomic E-state index is 0.0245. The van der Waals surface area contributed by atoms with E-state index in [2.05, 4.69) is 11.3 Å². The van der Waals surface area contributed by atoms with E-state index in [-0.39, 0.29) is 18.6 Å². The van der Waals surface area contributed by atoms with E-state index < -0.39 is 7.60 Å². The summed E-state index contributed by atoms with van der Waals surface area (Å²) in [4.78, 5) is 9.46. The zero-order valence-corrected chi connectivity index (χ0v) is 10.6. The van der Waals surface area contributed by atoms with E-state index in [0.29, 0.717) is 8.83 Å². The minimum Gasteiger partial charge on any atom is -0.493 e. The zero-order chi connectivity index (χ0) is 12.3. The molecule has 90 valence electrons. The molecular formula is C7H10NO5PS2. The van der Waals surface area contributed by atoms with Gasteiger partial charge in [-0.25, -0.2) is 5.26 Å². The van der Waals surface area contributed by atoms with E-state index in [1.807, 2.05) is 0 Å². The molecule has 1 heterocycles. The van der Waals surface area contributed by atoms with Crippen molar-refractivity contribution in [3.63, 3.8) is 0 Å². The minimum atomic E-state index is -4.02. The van der Waals surface area contributed by atoms with Crippen LogP contribution >= 0.6 is 31.2 Å². The van der Waals surface area contributed by atoms with Gasteiger partial charge in [-0.2, -0.15) is 4.67 Å². The van der Waals surface area contributed by atoms with Gasteiger partial charge in [0.1, 0.15) is 0 Å². The van der Waals surface area contributed by atoms with Crippen molar-refractivity contribution in [2.24, 2.45) is 0 Å². The van der Waals surface area contributed by atoms with Crippen molar-refractivity contribution < 1.29 is 24.5 Å². The molecule has 9 heteroatoms. The number of hydrogen-bond acceptors (Lipinski definition) is 6. The summed E-state index contributed by atoms with van der Waals surface area (Å²) >= 11 is 6.08. The smallest absolute Gasteiger partial charge is 0.357 e. The highest BCUT2D eigenvalue weighted by atomic mass is 32.1. The van der Waals surface area contributed by atoms with Crippen LogP contribution in [0.3, 0.4) is 0 Å². The predicted molar refractivity (Wildman–Crippen MR) is 63.3 cm³/mol. The summed E-state index contributed by atoms with van der Waals surface area (Å²) in [6.07, 6.45) is 1.09. The van der Waals surface area contributed by atoms with Gasteiger partial charge in [-0.1, -0.05) is 6.58 Å². The van der Waals surface area contributed by atoms with Crippen molar-refractivity contribution in [1.82, 2.24) is 4.57 Å². The first-order chi connectivity index (χ1) is 7.41. The molecule has 1 aromatic rings. The Morgan fingerprint density at radius 3 is 2.75 bits per heavy atom. The van der Waals surface area contributed by atoms with Crippen molar-refractivity contribution in [2.45, 2.75) is 6.54 Å². The summed E-state index contributed by atoms with van der Waals surface area (Å²) < 4.78 is 16.1. The van der Waals surface area contributed by atoms with Gasteiger partial charge in [-0.05, 0) is 18.3 Å². The second-order valence-corrected chi connectivity index (χ2v) is 6.42. The Morgan fingerprint density at radius 2 is 2.31 bits per heavy atom. The Bertz CT molecular complexity index is 493. The molecule has 0 saturated carbocycles. The molecule has 3 N–H and O–H groups in total. The molecule has 0 aliphatic carbocycles. The first kappa shape index (κ1) is 13.6. The highest BCUT2D eigenvalue weighted by Crippen LogP contribution is 2.41. The molecule has 6 nitrogen and oxygen atoms in total. The van der Waals surface area contributed by atoms with Crippen molar-refractivity contribution in [2.75, 3.05) is 6.16 Å². The van der Waals surface area contributed by atoms with Crippen molar-refractivity contribution >= 4 is 37.2 Å². The Morgan fingerprint density at radius 1 is 1.69 bits per heavy atom. The molecule has 16 heavy (non-hydrogen) atoms. The second kappa shape index (κ2) is 5.22. The summed E-state index contributed by atoms with van der Waals surface area (Å²) in [6.45, 7) is 3.47. The first-order valence-corrected chi connectivity index (χ1v) is 7.10. The molecule has 0 bridgehead atoms. The van der Waals surface area contributed by atoms with E-state index in [1.54, 1.807) is 0 Å². The highest BCUT2D eigenvalue weighted by Gasteiger charge is 2.20. The number of hydrogen-bond donors (Lipinski definition) is 3. The standard InChI is InChI=1S/C7H10NO5PS2/c1-2-5-6(9)8(7(15)16-5)3-4-14(11,12)13-10/h2,9-10H,1,3-4H2,(H,11,12). The fourth-order valence-electron chi connectivity index (χ4n) is 1.01. The summed E-state index contributed by atoms with van der Waals surface area (Å²) in [5.41, 5.74) is 0. The Balaban J connectivity index is 2.91. The normalized spacial score (nSPS) is 14.6. The molecule has 0 radical (unpaired) electrons. The molecule has 1 unspecified atom stereocenters. The van der Waals surface area contributed by atoms with E-state index in [4.69, 9.17) is 22.4 Å². The predicted octanol–water partition coefficient (Wildman–Crippen LogP) is 2.30. The topological polar surface area (TPSA) is 91.9 Å². The lowest BCUT2D eigenvalue weighted by Crippen LogP contribution is -2.03. The Hall–Kier alpha value is -0.500. The molecular weight excluding hydrogens is 273 g/mol. The number of rotatable bonds is 5. The van der Waals surface area contributed by atoms with Crippen LogP contribution < -0.4 is 0 Å². The maximum atomic E-state index is 11.0. The van der Waals surface area contributed by atoms with Crippen LogP contribution in [0, 0.1) is 3.95 Å². The van der Waals surface area contributed by atoms with Crippen LogP contribution in [0.15, 0.2) is 6.58 Å². The molecule has 1 atom stereocenters. The lowest BCUT2D eigenvalue weighted by molar-refractivity contribution is -0.145. The summed E-state index contributed by atoms with van der Waals surface area (Å²) in [7, 11) is -4.02. The first-order valence-electron chi connectivity index (χ1n) is 4.11. The number of thiazole rings is 1. The Labute approximate surface area is 101 Å². The average Bonchev–Trinajstić information content (AvgIpc) is 2.51. The maximum absolute atomic E-state index is 11.0. The number of nitrogens with zero attached hydrogens (tertiary/aromatic N) is 1. The third kappa shape index (κ3) is 3.00. The molecule has 1 aromatic heterocycles. The summed E-state index contributed by atoms with van der Waals surface area (Å²) in [6, 6.07) is 0. The van der Waals surface area contributed by atoms with Gasteiger partial charge in [0.15, 0.2) is 3.95 Å². The van der Waals surface area contributed by atoms with Crippen LogP contribution in [0.5, 0.6) is 5.88 Å². The van der Waals surface area contributed by atoms with E-state index >= 15 is 0 Å². The van der Waals surface area contributed by atoms with Crippen LogP contribution in [-0.2, 0) is 15.8 Å². The number of aromatic nitrogens is 1. The van der Waals surface area contributed by atoms with Crippen molar-refractivity contribution in [3.8, 4) is 5.88 Å². The number of aromatic hydroxyl groups is 1. The lowest BCUT2D eigenvalue weighted by atomic mass is 10.5. The summed E-state index contributed by atoms with van der Waals surface area (Å²) in [5, 5.41) is 17.8. The summed E-state index contributed by atoms with van der Waals surface area (Å²) in [5.74, 6) is -0.108. The van der Waals surface area contributed by atoms with Gasteiger partial charge >= 0.3 is 7.60 Å². The van der Waals surface area contributed by atoms with Crippen LogP contribution in [0.25, 0.3) is 6.08 Å². The third-order valence-corrected chi connectivity index (χ3v) is 4.27. The van der Waals surface area contributed by atoms with Crippen molar-refractivity contribution in [3.05, 3.63) is 15.4 Å². The van der Waals surface area contributed by atoms with E-state index in [9.17, 15) is 9.67 Å². The van der Waals surface area contributed by atoms with Crippen molar-refractivity contribution in [1.29, 1.82) is 0 Å². The van der Waals surface area contributed by atoms with Gasteiger partial charge in [-0.3, -0.25) is 9.13 Å². The SMILES string of the molecule is C=Cc1sc(=S)n(CCP(=O)(O)OO)c1O. The third-order valence-electron chi connectivity index (χ3n) is 1.81. The molecule has 0 aliphatic heterocycles. The van der Waals surface area contributed by atoms with Gasteiger partial charge in [0.05, 0.1) is 11.0 Å². The lowest BCUT2D eigenvalue weighted by Gasteiger charge is -2.07. The Kier molecular flexibility index (Phi) is 4.43. The van der Waals surface area contributed by atoms with Crippen LogP contribution in [0.2, 0.25) is 0 Å². The quantitative estimate of drug-likeness (QED) is 0.332. The molecule has 0 spiro atoms. The molecule has 0 fully saturated rings. The fourth-order valence-corrected chi connectivity index (χ4v) is 2.75. The average molecular weight is 283 g/mol. The second-order valence-electron chi connectivity index (χ2n) is 2.85. The molecule has 0 amide bonds. The van der Waals surface area contributed by atoms with E-state index in [1.165, 1.54) is 10.6 Å². The monoisotopic (exact) mass is 283 g/mol. The van der Waals surface area contributed by atoms with Crippen LogP contribution in [-0.4, -0.2) is 26.0 Å². The largest absolute Gasteiger partial charge is 0.493 e.